The Morgan fingerprint density at radius 3 is 2.67 bits per heavy atom. The van der Waals surface area contributed by atoms with E-state index in [1.807, 2.05) is 6.07 Å². The lowest BCUT2D eigenvalue weighted by Gasteiger charge is -2.37. The minimum absolute atomic E-state index is 0.100. The number of benzene rings is 1. The van der Waals surface area contributed by atoms with Crippen LogP contribution in [0.25, 0.3) is 0 Å². The lowest BCUT2D eigenvalue weighted by atomic mass is 10.0. The first-order valence-electron chi connectivity index (χ1n) is 9.58. The fraction of sp³-hybridized carbons (Fsp3) is 0.650. The highest BCUT2D eigenvalue weighted by Gasteiger charge is 2.37. The van der Waals surface area contributed by atoms with Crippen LogP contribution in [0.3, 0.4) is 0 Å². The SMILES string of the molecule is CCCN(Cc1ccccc1)C(=O)C1CCCN1C1CCNCC1. The predicted octanol–water partition coefficient (Wildman–Crippen LogP) is 2.64. The van der Waals surface area contributed by atoms with Crippen LogP contribution in [0.1, 0.15) is 44.6 Å². The van der Waals surface area contributed by atoms with Gasteiger partial charge in [0.1, 0.15) is 0 Å². The highest BCUT2D eigenvalue weighted by Crippen LogP contribution is 2.26. The van der Waals surface area contributed by atoms with Gasteiger partial charge in [0.05, 0.1) is 6.04 Å². The van der Waals surface area contributed by atoms with Crippen LogP contribution in [-0.2, 0) is 11.3 Å². The van der Waals surface area contributed by atoms with Crippen LogP contribution in [0, 0.1) is 0 Å². The van der Waals surface area contributed by atoms with Gasteiger partial charge in [-0.3, -0.25) is 9.69 Å². The van der Waals surface area contributed by atoms with Crippen molar-refractivity contribution in [2.75, 3.05) is 26.2 Å². The third kappa shape index (κ3) is 4.17. The van der Waals surface area contributed by atoms with Crippen LogP contribution < -0.4 is 5.32 Å². The van der Waals surface area contributed by atoms with Gasteiger partial charge in [-0.1, -0.05) is 37.3 Å². The Kier molecular flexibility index (Phi) is 6.27. The molecule has 2 aliphatic heterocycles. The molecule has 1 amide bonds. The zero-order valence-electron chi connectivity index (χ0n) is 14.9. The number of carbonyl (C=O) groups excluding carboxylic acids is 1. The molecule has 2 aliphatic rings. The highest BCUT2D eigenvalue weighted by molar-refractivity contribution is 5.82. The molecule has 2 fully saturated rings. The van der Waals surface area contributed by atoms with E-state index in [2.05, 4.69) is 46.3 Å². The van der Waals surface area contributed by atoms with Gasteiger partial charge >= 0.3 is 0 Å². The van der Waals surface area contributed by atoms with Crippen LogP contribution in [0.2, 0.25) is 0 Å². The maximum Gasteiger partial charge on any atom is 0.240 e. The Labute approximate surface area is 146 Å². The molecule has 4 nitrogen and oxygen atoms in total. The van der Waals surface area contributed by atoms with E-state index in [0.717, 1.165) is 52.0 Å². The first-order chi connectivity index (χ1) is 11.8. The van der Waals surface area contributed by atoms with Crippen molar-refractivity contribution in [3.63, 3.8) is 0 Å². The second-order valence-electron chi connectivity index (χ2n) is 7.12. The largest absolute Gasteiger partial charge is 0.337 e. The number of amides is 1. The number of rotatable bonds is 6. The number of likely N-dealkylation sites (tertiary alicyclic amines) is 1. The molecule has 1 unspecified atom stereocenters. The standard InChI is InChI=1S/C20H31N3O/c1-2-14-22(16-17-7-4-3-5-8-17)20(24)19-9-6-15-23(19)18-10-12-21-13-11-18/h3-5,7-8,18-19,21H,2,6,9-16H2,1H3. The van der Waals surface area contributed by atoms with Crippen molar-refractivity contribution in [1.29, 1.82) is 0 Å². The minimum Gasteiger partial charge on any atom is -0.337 e. The summed E-state index contributed by atoms with van der Waals surface area (Å²) in [7, 11) is 0. The van der Waals surface area contributed by atoms with Crippen molar-refractivity contribution in [2.45, 2.75) is 57.7 Å². The Morgan fingerprint density at radius 2 is 1.96 bits per heavy atom. The summed E-state index contributed by atoms with van der Waals surface area (Å²) in [5.41, 5.74) is 1.23. The van der Waals surface area contributed by atoms with Crippen LogP contribution in [-0.4, -0.2) is 54.0 Å². The molecular formula is C20H31N3O. The molecule has 1 atom stereocenters. The summed E-state index contributed by atoms with van der Waals surface area (Å²) < 4.78 is 0. The topological polar surface area (TPSA) is 35.6 Å². The van der Waals surface area contributed by atoms with E-state index in [1.54, 1.807) is 0 Å². The number of hydrogen-bond donors (Lipinski definition) is 1. The van der Waals surface area contributed by atoms with E-state index in [4.69, 9.17) is 0 Å². The van der Waals surface area contributed by atoms with Gasteiger partial charge in [0.25, 0.3) is 0 Å². The van der Waals surface area contributed by atoms with Crippen LogP contribution in [0.15, 0.2) is 30.3 Å². The molecule has 2 heterocycles. The third-order valence-electron chi connectivity index (χ3n) is 5.38. The Balaban J connectivity index is 1.68. The molecule has 132 valence electrons. The van der Waals surface area contributed by atoms with Crippen LogP contribution in [0.4, 0.5) is 0 Å². The molecule has 0 aromatic heterocycles. The lowest BCUT2D eigenvalue weighted by Crippen LogP contribution is -2.51. The van der Waals surface area contributed by atoms with E-state index < -0.39 is 0 Å². The average Bonchev–Trinajstić information content (AvgIpc) is 3.12. The number of carbonyl (C=O) groups is 1. The first-order valence-corrected chi connectivity index (χ1v) is 9.58. The molecule has 1 aromatic rings. The maximum atomic E-state index is 13.3. The predicted molar refractivity (Wildman–Crippen MR) is 97.8 cm³/mol. The van der Waals surface area contributed by atoms with Crippen molar-refractivity contribution in [1.82, 2.24) is 15.1 Å². The summed E-state index contributed by atoms with van der Waals surface area (Å²) in [6.07, 6.45) is 5.55. The van der Waals surface area contributed by atoms with Crippen molar-refractivity contribution >= 4 is 5.91 Å². The van der Waals surface area contributed by atoms with Crippen LogP contribution >= 0.6 is 0 Å². The van der Waals surface area contributed by atoms with E-state index in [9.17, 15) is 4.79 Å². The number of nitrogens with one attached hydrogen (secondary N) is 1. The maximum absolute atomic E-state index is 13.3. The smallest absolute Gasteiger partial charge is 0.240 e. The van der Waals surface area contributed by atoms with Crippen molar-refractivity contribution in [2.24, 2.45) is 0 Å². The molecule has 0 radical (unpaired) electrons. The van der Waals surface area contributed by atoms with E-state index >= 15 is 0 Å². The zero-order chi connectivity index (χ0) is 16.8. The summed E-state index contributed by atoms with van der Waals surface area (Å²) in [6.45, 7) is 7.01. The second-order valence-corrected chi connectivity index (χ2v) is 7.12. The van der Waals surface area contributed by atoms with Gasteiger partial charge in [-0.05, 0) is 57.3 Å². The summed E-state index contributed by atoms with van der Waals surface area (Å²) in [5, 5.41) is 3.44. The summed E-state index contributed by atoms with van der Waals surface area (Å²) >= 11 is 0. The van der Waals surface area contributed by atoms with Gasteiger partial charge in [0, 0.05) is 19.1 Å². The van der Waals surface area contributed by atoms with Gasteiger partial charge in [0.15, 0.2) is 0 Å². The fourth-order valence-electron chi connectivity index (χ4n) is 4.18. The van der Waals surface area contributed by atoms with Crippen LogP contribution in [0.5, 0.6) is 0 Å². The number of piperidine rings is 1. The summed E-state index contributed by atoms with van der Waals surface area (Å²) in [6, 6.07) is 11.1. The second kappa shape index (κ2) is 8.63. The number of hydrogen-bond acceptors (Lipinski definition) is 3. The summed E-state index contributed by atoms with van der Waals surface area (Å²) in [4.78, 5) is 17.9. The van der Waals surface area contributed by atoms with E-state index in [0.29, 0.717) is 11.9 Å². The van der Waals surface area contributed by atoms with Crippen molar-refractivity contribution in [3.05, 3.63) is 35.9 Å². The van der Waals surface area contributed by atoms with Gasteiger partial charge in [-0.15, -0.1) is 0 Å². The Hall–Kier alpha value is -1.39. The van der Waals surface area contributed by atoms with Gasteiger partial charge < -0.3 is 10.2 Å². The first kappa shape index (κ1) is 17.4. The van der Waals surface area contributed by atoms with Gasteiger partial charge in [0.2, 0.25) is 5.91 Å². The lowest BCUT2D eigenvalue weighted by molar-refractivity contribution is -0.137. The molecule has 24 heavy (non-hydrogen) atoms. The molecule has 0 aliphatic carbocycles. The Morgan fingerprint density at radius 1 is 1.21 bits per heavy atom. The van der Waals surface area contributed by atoms with Gasteiger partial charge in [-0.2, -0.15) is 0 Å². The third-order valence-corrected chi connectivity index (χ3v) is 5.38. The molecule has 3 rings (SSSR count). The molecule has 1 N–H and O–H groups in total. The molecular weight excluding hydrogens is 298 g/mol. The molecule has 2 saturated heterocycles. The normalized spacial score (nSPS) is 22.6. The average molecular weight is 329 g/mol. The summed E-state index contributed by atoms with van der Waals surface area (Å²) in [5.74, 6) is 0.344. The van der Waals surface area contributed by atoms with E-state index in [-0.39, 0.29) is 6.04 Å². The zero-order valence-corrected chi connectivity index (χ0v) is 14.9. The van der Waals surface area contributed by atoms with Gasteiger partial charge in [-0.25, -0.2) is 0 Å². The molecule has 0 saturated carbocycles. The molecule has 0 bridgehead atoms. The quantitative estimate of drug-likeness (QED) is 0.871. The fourth-order valence-corrected chi connectivity index (χ4v) is 4.18. The molecule has 0 spiro atoms. The van der Waals surface area contributed by atoms with E-state index in [1.165, 1.54) is 18.4 Å². The van der Waals surface area contributed by atoms with Crippen molar-refractivity contribution in [3.8, 4) is 0 Å². The molecule has 1 aromatic carbocycles. The minimum atomic E-state index is 0.100. The molecule has 4 heteroatoms. The monoisotopic (exact) mass is 329 g/mol. The highest BCUT2D eigenvalue weighted by atomic mass is 16.2. The Bertz CT molecular complexity index is 513. The van der Waals surface area contributed by atoms with Crippen molar-refractivity contribution < 1.29 is 4.79 Å². The number of nitrogens with zero attached hydrogens (tertiary/aromatic N) is 2.